The fourth-order valence-corrected chi connectivity index (χ4v) is 4.21. The minimum Gasteiger partial charge on any atom is -0.496 e. The van der Waals surface area contributed by atoms with Crippen LogP contribution in [0.5, 0.6) is 5.75 Å². The number of benzene rings is 1. The molecule has 0 aliphatic heterocycles. The van der Waals surface area contributed by atoms with Gasteiger partial charge in [0.15, 0.2) is 11.0 Å². The number of hydrogen-bond acceptors (Lipinski definition) is 8. The lowest BCUT2D eigenvalue weighted by Gasteiger charge is -2.08. The van der Waals surface area contributed by atoms with Gasteiger partial charge in [0.2, 0.25) is 11.0 Å². The van der Waals surface area contributed by atoms with Crippen LogP contribution in [-0.4, -0.2) is 43.7 Å². The van der Waals surface area contributed by atoms with Gasteiger partial charge < -0.3 is 9.30 Å². The van der Waals surface area contributed by atoms with Gasteiger partial charge in [0.1, 0.15) is 10.8 Å². The summed E-state index contributed by atoms with van der Waals surface area (Å²) in [5.41, 5.74) is 0.854. The zero-order valence-corrected chi connectivity index (χ0v) is 16.5. The highest BCUT2D eigenvalue weighted by atomic mass is 32.2. The predicted octanol–water partition coefficient (Wildman–Crippen LogP) is 2.95. The largest absolute Gasteiger partial charge is 0.496 e. The van der Waals surface area contributed by atoms with Crippen molar-refractivity contribution in [2.45, 2.75) is 23.9 Å². The average Bonchev–Trinajstić information content (AvgIpc) is 3.33. The third-order valence-electron chi connectivity index (χ3n) is 4.13. The van der Waals surface area contributed by atoms with Gasteiger partial charge in [-0.05, 0) is 25.0 Å². The number of amides is 1. The molecule has 0 unspecified atom stereocenters. The Kier molecular flexibility index (Phi) is 5.08. The van der Waals surface area contributed by atoms with Gasteiger partial charge in [-0.25, -0.2) is 0 Å². The van der Waals surface area contributed by atoms with E-state index in [0.29, 0.717) is 22.0 Å². The minimum atomic E-state index is -0.139. The third-order valence-corrected chi connectivity index (χ3v) is 6.15. The molecule has 1 amide bonds. The zero-order valence-electron chi connectivity index (χ0n) is 14.9. The number of carbonyl (C=O) groups is 1. The summed E-state index contributed by atoms with van der Waals surface area (Å²) in [6.45, 7) is 0. The fraction of sp³-hybridized carbons (Fsp3) is 0.353. The van der Waals surface area contributed by atoms with Gasteiger partial charge in [0.05, 0.1) is 18.4 Å². The molecule has 0 bridgehead atoms. The van der Waals surface area contributed by atoms with Gasteiger partial charge in [0.25, 0.3) is 0 Å². The summed E-state index contributed by atoms with van der Waals surface area (Å²) in [6, 6.07) is 7.63. The third kappa shape index (κ3) is 3.96. The van der Waals surface area contributed by atoms with Crippen LogP contribution in [-0.2, 0) is 11.8 Å². The van der Waals surface area contributed by atoms with Crippen LogP contribution in [0.4, 0.5) is 5.13 Å². The number of hydrogen-bond donors (Lipinski definition) is 1. The van der Waals surface area contributed by atoms with E-state index in [1.54, 1.807) is 7.11 Å². The van der Waals surface area contributed by atoms with E-state index < -0.39 is 0 Å². The number of aromatic nitrogens is 5. The second kappa shape index (κ2) is 7.65. The van der Waals surface area contributed by atoms with Crippen LogP contribution in [0.1, 0.15) is 23.8 Å². The van der Waals surface area contributed by atoms with Crippen molar-refractivity contribution in [3.8, 4) is 17.1 Å². The molecule has 0 radical (unpaired) electrons. The molecule has 1 aliphatic carbocycles. The Morgan fingerprint density at radius 3 is 2.89 bits per heavy atom. The van der Waals surface area contributed by atoms with E-state index in [-0.39, 0.29) is 11.7 Å². The number of anilines is 1. The maximum Gasteiger partial charge on any atom is 0.236 e. The van der Waals surface area contributed by atoms with Crippen LogP contribution in [0.15, 0.2) is 29.4 Å². The fourth-order valence-electron chi connectivity index (χ4n) is 2.57. The summed E-state index contributed by atoms with van der Waals surface area (Å²) in [5.74, 6) is 2.03. The van der Waals surface area contributed by atoms with Crippen LogP contribution in [0.2, 0.25) is 0 Å². The summed E-state index contributed by atoms with van der Waals surface area (Å²) in [6.07, 6.45) is 2.33. The van der Waals surface area contributed by atoms with Crippen molar-refractivity contribution in [3.63, 3.8) is 0 Å². The Bertz CT molecular complexity index is 966. The van der Waals surface area contributed by atoms with E-state index in [1.807, 2.05) is 35.9 Å². The molecule has 2 heterocycles. The number of methoxy groups -OCH3 is 1. The van der Waals surface area contributed by atoms with Gasteiger partial charge in [0, 0.05) is 13.0 Å². The van der Waals surface area contributed by atoms with Crippen LogP contribution < -0.4 is 10.1 Å². The van der Waals surface area contributed by atoms with E-state index in [9.17, 15) is 4.79 Å². The molecule has 1 fully saturated rings. The molecular formula is C17H18N6O2S2. The van der Waals surface area contributed by atoms with Crippen LogP contribution in [0.25, 0.3) is 11.4 Å². The second-order valence-corrected chi connectivity index (χ2v) is 8.07. The van der Waals surface area contributed by atoms with E-state index in [1.165, 1.54) is 35.9 Å². The minimum absolute atomic E-state index is 0.139. The van der Waals surface area contributed by atoms with Gasteiger partial charge in [-0.1, -0.05) is 35.2 Å². The van der Waals surface area contributed by atoms with Crippen molar-refractivity contribution in [1.82, 2.24) is 25.0 Å². The molecular weight excluding hydrogens is 384 g/mol. The van der Waals surface area contributed by atoms with Gasteiger partial charge in [-0.3, -0.25) is 10.1 Å². The van der Waals surface area contributed by atoms with Crippen molar-refractivity contribution >= 4 is 34.1 Å². The number of para-hydroxylation sites is 1. The Balaban J connectivity index is 1.39. The SMILES string of the molecule is COc1ccccc1-c1nnc(SCC(=O)Nc2nnc(C3CC3)s2)n1C. The van der Waals surface area contributed by atoms with Crippen molar-refractivity contribution in [2.75, 3.05) is 18.2 Å². The number of nitrogens with one attached hydrogen (secondary N) is 1. The molecule has 0 spiro atoms. The molecule has 0 atom stereocenters. The number of nitrogens with zero attached hydrogens (tertiary/aromatic N) is 5. The smallest absolute Gasteiger partial charge is 0.236 e. The number of ether oxygens (including phenoxy) is 1. The maximum absolute atomic E-state index is 12.2. The molecule has 1 N–H and O–H groups in total. The summed E-state index contributed by atoms with van der Waals surface area (Å²) in [4.78, 5) is 12.2. The van der Waals surface area contributed by atoms with Crippen molar-refractivity contribution in [3.05, 3.63) is 29.3 Å². The van der Waals surface area contributed by atoms with E-state index in [4.69, 9.17) is 4.74 Å². The summed E-state index contributed by atoms with van der Waals surface area (Å²) >= 11 is 2.77. The van der Waals surface area contributed by atoms with E-state index in [0.717, 1.165) is 16.3 Å². The Morgan fingerprint density at radius 2 is 2.11 bits per heavy atom. The average molecular weight is 403 g/mol. The lowest BCUT2D eigenvalue weighted by molar-refractivity contribution is -0.113. The van der Waals surface area contributed by atoms with Gasteiger partial charge >= 0.3 is 0 Å². The monoisotopic (exact) mass is 402 g/mol. The predicted molar refractivity (Wildman–Crippen MR) is 104 cm³/mol. The first-order valence-electron chi connectivity index (χ1n) is 8.44. The molecule has 2 aromatic heterocycles. The second-order valence-electron chi connectivity index (χ2n) is 6.12. The Labute approximate surface area is 164 Å². The summed E-state index contributed by atoms with van der Waals surface area (Å²) in [5, 5.41) is 21.6. The van der Waals surface area contributed by atoms with Crippen molar-refractivity contribution in [1.29, 1.82) is 0 Å². The molecule has 1 aliphatic rings. The number of rotatable bonds is 7. The van der Waals surface area contributed by atoms with Crippen LogP contribution in [0.3, 0.4) is 0 Å². The van der Waals surface area contributed by atoms with Crippen LogP contribution >= 0.6 is 23.1 Å². The Morgan fingerprint density at radius 1 is 1.30 bits per heavy atom. The molecule has 4 rings (SSSR count). The Hall–Kier alpha value is -2.46. The first-order valence-corrected chi connectivity index (χ1v) is 10.2. The number of carbonyl (C=O) groups excluding carboxylic acids is 1. The van der Waals surface area contributed by atoms with Gasteiger partial charge in [-0.2, -0.15) is 0 Å². The molecule has 0 saturated heterocycles. The standard InChI is InChI=1S/C17H18N6O2S2/c1-23-14(11-5-3-4-6-12(11)25-2)19-22-17(23)26-9-13(24)18-16-21-20-15(27-16)10-7-8-10/h3-6,10H,7-9H2,1-2H3,(H,18,21,24). The lowest BCUT2D eigenvalue weighted by atomic mass is 10.2. The summed E-state index contributed by atoms with van der Waals surface area (Å²) < 4.78 is 7.24. The quantitative estimate of drug-likeness (QED) is 0.607. The lowest BCUT2D eigenvalue weighted by Crippen LogP contribution is -2.14. The van der Waals surface area contributed by atoms with E-state index in [2.05, 4.69) is 25.7 Å². The molecule has 27 heavy (non-hydrogen) atoms. The van der Waals surface area contributed by atoms with Gasteiger partial charge in [-0.15, -0.1) is 20.4 Å². The molecule has 8 nitrogen and oxygen atoms in total. The van der Waals surface area contributed by atoms with Crippen LogP contribution in [0, 0.1) is 0 Å². The molecule has 1 aromatic carbocycles. The normalized spacial score (nSPS) is 13.6. The first kappa shape index (κ1) is 17.9. The highest BCUT2D eigenvalue weighted by molar-refractivity contribution is 7.99. The molecule has 140 valence electrons. The van der Waals surface area contributed by atoms with Crippen molar-refractivity contribution < 1.29 is 9.53 Å². The topological polar surface area (TPSA) is 94.8 Å². The highest BCUT2D eigenvalue weighted by Crippen LogP contribution is 2.42. The molecule has 1 saturated carbocycles. The van der Waals surface area contributed by atoms with E-state index >= 15 is 0 Å². The summed E-state index contributed by atoms with van der Waals surface area (Å²) in [7, 11) is 3.49. The molecule has 3 aromatic rings. The highest BCUT2D eigenvalue weighted by Gasteiger charge is 2.27. The van der Waals surface area contributed by atoms with Crippen molar-refractivity contribution in [2.24, 2.45) is 7.05 Å². The molecule has 10 heteroatoms. The maximum atomic E-state index is 12.2. The first-order chi connectivity index (χ1) is 13.2. The number of thioether (sulfide) groups is 1. The zero-order chi connectivity index (χ0) is 18.8.